The molecule has 0 radical (unpaired) electrons. The normalized spacial score (nSPS) is 11.5. The Morgan fingerprint density at radius 1 is 1.37 bits per heavy atom. The Morgan fingerprint density at radius 2 is 2.11 bits per heavy atom. The monoisotopic (exact) mass is 286 g/mol. The maximum absolute atomic E-state index is 12.5. The third-order valence-corrected chi connectivity index (χ3v) is 3.15. The second-order valence-electron chi connectivity index (χ2n) is 3.86. The van der Waals surface area contributed by atoms with E-state index in [1.807, 2.05) is 0 Å². The lowest BCUT2D eigenvalue weighted by Crippen LogP contribution is -2.09. The summed E-state index contributed by atoms with van der Waals surface area (Å²) in [7, 11) is 0. The molecule has 0 atom stereocenters. The lowest BCUT2D eigenvalue weighted by atomic mass is 10.0. The van der Waals surface area contributed by atoms with Gasteiger partial charge in [0.15, 0.2) is 10.9 Å². The number of benzene rings is 1. The van der Waals surface area contributed by atoms with Crippen molar-refractivity contribution in [1.29, 1.82) is 0 Å². The number of nitrogens with two attached hydrogens (primary N) is 1. The van der Waals surface area contributed by atoms with Gasteiger partial charge in [0.1, 0.15) is 0 Å². The van der Waals surface area contributed by atoms with E-state index in [4.69, 9.17) is 5.73 Å². The molecule has 2 rings (SSSR count). The number of aromatic nitrogens is 1. The van der Waals surface area contributed by atoms with Crippen LogP contribution in [0.15, 0.2) is 29.6 Å². The van der Waals surface area contributed by atoms with Gasteiger partial charge in [-0.1, -0.05) is 12.1 Å². The Balaban J connectivity index is 2.20. The van der Waals surface area contributed by atoms with Gasteiger partial charge >= 0.3 is 6.18 Å². The van der Waals surface area contributed by atoms with Gasteiger partial charge in [-0.2, -0.15) is 13.2 Å². The highest BCUT2D eigenvalue weighted by molar-refractivity contribution is 7.13. The van der Waals surface area contributed by atoms with Crippen molar-refractivity contribution in [3.05, 3.63) is 46.5 Å². The lowest BCUT2D eigenvalue weighted by Gasteiger charge is -2.07. The average molecular weight is 286 g/mol. The van der Waals surface area contributed by atoms with E-state index >= 15 is 0 Å². The summed E-state index contributed by atoms with van der Waals surface area (Å²) in [4.78, 5) is 15.8. The Morgan fingerprint density at radius 3 is 2.68 bits per heavy atom. The lowest BCUT2D eigenvalue weighted by molar-refractivity contribution is -0.137. The van der Waals surface area contributed by atoms with Gasteiger partial charge in [-0.3, -0.25) is 4.79 Å². The van der Waals surface area contributed by atoms with Gasteiger partial charge in [0.2, 0.25) is 0 Å². The van der Waals surface area contributed by atoms with Crippen molar-refractivity contribution in [1.82, 2.24) is 4.98 Å². The largest absolute Gasteiger partial charge is 0.416 e. The molecule has 0 aliphatic rings. The Hall–Kier alpha value is -1.89. The van der Waals surface area contributed by atoms with Crippen LogP contribution in [0, 0.1) is 0 Å². The van der Waals surface area contributed by atoms with Crippen LogP contribution < -0.4 is 5.73 Å². The number of nitrogen functional groups attached to an aromatic ring is 1. The molecule has 0 saturated heterocycles. The van der Waals surface area contributed by atoms with E-state index in [9.17, 15) is 18.0 Å². The van der Waals surface area contributed by atoms with E-state index in [0.29, 0.717) is 10.8 Å². The number of carbonyl (C=O) groups is 1. The van der Waals surface area contributed by atoms with Crippen LogP contribution in [-0.4, -0.2) is 10.8 Å². The molecular weight excluding hydrogens is 277 g/mol. The molecule has 2 N–H and O–H groups in total. The number of hydrogen-bond acceptors (Lipinski definition) is 4. The Labute approximate surface area is 110 Å². The number of rotatable bonds is 3. The molecule has 0 aliphatic heterocycles. The predicted molar refractivity (Wildman–Crippen MR) is 66.0 cm³/mol. The number of carbonyl (C=O) groups excluding carboxylic acids is 1. The first-order valence-corrected chi connectivity index (χ1v) is 6.14. The zero-order valence-corrected chi connectivity index (χ0v) is 10.4. The van der Waals surface area contributed by atoms with Crippen LogP contribution in [0.4, 0.5) is 18.3 Å². The van der Waals surface area contributed by atoms with Crippen molar-refractivity contribution >= 4 is 22.3 Å². The fourth-order valence-electron chi connectivity index (χ4n) is 1.54. The van der Waals surface area contributed by atoms with E-state index < -0.39 is 17.5 Å². The summed E-state index contributed by atoms with van der Waals surface area (Å²) < 4.78 is 37.6. The molecule has 0 fully saturated rings. The summed E-state index contributed by atoms with van der Waals surface area (Å²) in [6.07, 6.45) is -4.52. The van der Waals surface area contributed by atoms with E-state index in [1.54, 1.807) is 5.38 Å². The van der Waals surface area contributed by atoms with Crippen molar-refractivity contribution in [2.24, 2.45) is 0 Å². The molecule has 0 aliphatic carbocycles. The number of Topliss-reactive ketones (excluding diaryl/α,β-unsaturated/α-hetero) is 1. The summed E-state index contributed by atoms with van der Waals surface area (Å²) in [5.41, 5.74) is 5.06. The molecule has 1 aromatic carbocycles. The first-order valence-electron chi connectivity index (χ1n) is 5.26. The molecule has 0 unspecified atom stereocenters. The quantitative estimate of drug-likeness (QED) is 0.882. The molecule has 100 valence electrons. The third-order valence-electron chi connectivity index (χ3n) is 2.42. The molecule has 1 heterocycles. The minimum Gasteiger partial charge on any atom is -0.375 e. The molecular formula is C12H9F3N2OS. The zero-order chi connectivity index (χ0) is 14.0. The van der Waals surface area contributed by atoms with Gasteiger partial charge < -0.3 is 5.73 Å². The third kappa shape index (κ3) is 3.31. The van der Waals surface area contributed by atoms with E-state index in [2.05, 4.69) is 4.98 Å². The topological polar surface area (TPSA) is 56.0 Å². The van der Waals surface area contributed by atoms with Crippen LogP contribution in [0.5, 0.6) is 0 Å². The van der Waals surface area contributed by atoms with E-state index in [-0.39, 0.29) is 12.0 Å². The molecule has 2 aromatic rings. The fraction of sp³-hybridized carbons (Fsp3) is 0.167. The molecule has 3 nitrogen and oxygen atoms in total. The van der Waals surface area contributed by atoms with Gasteiger partial charge in [-0.15, -0.1) is 11.3 Å². The van der Waals surface area contributed by atoms with Crippen LogP contribution in [0.1, 0.15) is 21.6 Å². The van der Waals surface area contributed by atoms with E-state index in [0.717, 1.165) is 12.1 Å². The number of nitrogens with zero attached hydrogens (tertiary/aromatic N) is 1. The minimum atomic E-state index is -4.46. The van der Waals surface area contributed by atoms with Crippen molar-refractivity contribution in [2.75, 3.05) is 5.73 Å². The number of ketones is 1. The minimum absolute atomic E-state index is 0.0152. The van der Waals surface area contributed by atoms with Gasteiger partial charge in [0.05, 0.1) is 17.7 Å². The molecule has 0 amide bonds. The average Bonchev–Trinajstić information content (AvgIpc) is 2.74. The van der Waals surface area contributed by atoms with Gasteiger partial charge in [0.25, 0.3) is 0 Å². The molecule has 0 saturated carbocycles. The summed E-state index contributed by atoms with van der Waals surface area (Å²) in [6.45, 7) is 0. The van der Waals surface area contributed by atoms with Crippen molar-refractivity contribution in [2.45, 2.75) is 12.6 Å². The van der Waals surface area contributed by atoms with Crippen LogP contribution in [0.25, 0.3) is 0 Å². The molecule has 7 heteroatoms. The molecule has 0 spiro atoms. The first kappa shape index (κ1) is 13.5. The maximum Gasteiger partial charge on any atom is 0.416 e. The summed E-state index contributed by atoms with van der Waals surface area (Å²) >= 11 is 1.18. The van der Waals surface area contributed by atoms with Crippen molar-refractivity contribution in [3.8, 4) is 0 Å². The van der Waals surface area contributed by atoms with Crippen LogP contribution >= 0.6 is 11.3 Å². The number of halogens is 3. The number of alkyl halides is 3. The van der Waals surface area contributed by atoms with Crippen molar-refractivity contribution < 1.29 is 18.0 Å². The number of anilines is 1. The predicted octanol–water partition coefficient (Wildman–Crippen LogP) is 3.17. The Kier molecular flexibility index (Phi) is 3.57. The molecule has 0 bridgehead atoms. The number of hydrogen-bond donors (Lipinski definition) is 1. The second kappa shape index (κ2) is 5.00. The summed E-state index contributed by atoms with van der Waals surface area (Å²) in [5, 5.41) is 1.94. The van der Waals surface area contributed by atoms with Gasteiger partial charge in [-0.05, 0) is 12.1 Å². The zero-order valence-electron chi connectivity index (χ0n) is 9.57. The summed E-state index contributed by atoms with van der Waals surface area (Å²) in [5.74, 6) is -0.420. The highest BCUT2D eigenvalue weighted by atomic mass is 32.1. The second-order valence-corrected chi connectivity index (χ2v) is 4.75. The highest BCUT2D eigenvalue weighted by Crippen LogP contribution is 2.29. The first-order chi connectivity index (χ1) is 8.86. The van der Waals surface area contributed by atoms with E-state index in [1.165, 1.54) is 23.5 Å². The standard InChI is InChI=1S/C12H9F3N2OS/c13-12(14,15)8-3-1-2-7(4-8)10(18)5-9-6-19-11(16)17-9/h1-4,6H,5H2,(H2,16,17). The van der Waals surface area contributed by atoms with Crippen molar-refractivity contribution in [3.63, 3.8) is 0 Å². The summed E-state index contributed by atoms with van der Waals surface area (Å²) in [6, 6.07) is 4.34. The molecule has 19 heavy (non-hydrogen) atoms. The van der Waals surface area contributed by atoms with Crippen LogP contribution in [-0.2, 0) is 12.6 Å². The van der Waals surface area contributed by atoms with Crippen LogP contribution in [0.2, 0.25) is 0 Å². The van der Waals surface area contributed by atoms with Gasteiger partial charge in [-0.25, -0.2) is 4.98 Å². The van der Waals surface area contributed by atoms with Crippen LogP contribution in [0.3, 0.4) is 0 Å². The smallest absolute Gasteiger partial charge is 0.375 e. The Bertz CT molecular complexity index is 607. The highest BCUT2D eigenvalue weighted by Gasteiger charge is 2.30. The fourth-order valence-corrected chi connectivity index (χ4v) is 2.10. The van der Waals surface area contributed by atoms with Gasteiger partial charge in [0, 0.05) is 10.9 Å². The number of thiazole rings is 1. The maximum atomic E-state index is 12.5. The SMILES string of the molecule is Nc1nc(CC(=O)c2cccc(C(F)(F)F)c2)cs1. The molecule has 1 aromatic heterocycles.